The summed E-state index contributed by atoms with van der Waals surface area (Å²) >= 11 is 0. The summed E-state index contributed by atoms with van der Waals surface area (Å²) in [6.07, 6.45) is 6.66. The van der Waals surface area contributed by atoms with Gasteiger partial charge in [0.15, 0.2) is 5.96 Å². The molecule has 2 amide bonds. The standard InChI is InChI=1S/C22H41N5O3/c1-5-23-20(24-13-9-16-26-15-8-6-7-10-19(26)28)25-14-17-27(18-11-12-18)21(29)30-22(2,3)4/h18H,5-17H2,1-4H3,(H2,23,24,25). The lowest BCUT2D eigenvalue weighted by Crippen LogP contribution is -2.45. The predicted octanol–water partition coefficient (Wildman–Crippen LogP) is 2.73. The van der Waals surface area contributed by atoms with Crippen LogP contribution in [0.3, 0.4) is 0 Å². The predicted molar refractivity (Wildman–Crippen MR) is 120 cm³/mol. The van der Waals surface area contributed by atoms with E-state index in [2.05, 4.69) is 15.6 Å². The zero-order valence-electron chi connectivity index (χ0n) is 19.3. The number of ether oxygens (including phenoxy) is 1. The van der Waals surface area contributed by atoms with Crippen molar-refractivity contribution in [1.29, 1.82) is 0 Å². The summed E-state index contributed by atoms with van der Waals surface area (Å²) in [6, 6.07) is 0.298. The smallest absolute Gasteiger partial charge is 0.410 e. The number of amides is 2. The Balaban J connectivity index is 1.75. The summed E-state index contributed by atoms with van der Waals surface area (Å²) in [5.74, 6) is 1.03. The fourth-order valence-corrected chi connectivity index (χ4v) is 3.49. The van der Waals surface area contributed by atoms with E-state index in [-0.39, 0.29) is 12.0 Å². The quantitative estimate of drug-likeness (QED) is 0.338. The van der Waals surface area contributed by atoms with Gasteiger partial charge in [0.2, 0.25) is 5.91 Å². The molecule has 0 spiro atoms. The van der Waals surface area contributed by atoms with Crippen molar-refractivity contribution in [3.05, 3.63) is 0 Å². The van der Waals surface area contributed by atoms with Gasteiger partial charge in [0.1, 0.15) is 5.60 Å². The number of rotatable bonds is 9. The van der Waals surface area contributed by atoms with Crippen molar-refractivity contribution < 1.29 is 14.3 Å². The second-order valence-corrected chi connectivity index (χ2v) is 9.14. The SMILES string of the molecule is CCNC(=NCCCN1CCCCCC1=O)NCCN(C(=O)OC(C)(C)C)C1CC1. The van der Waals surface area contributed by atoms with E-state index in [9.17, 15) is 9.59 Å². The minimum atomic E-state index is -0.483. The van der Waals surface area contributed by atoms with E-state index in [1.165, 1.54) is 0 Å². The topological polar surface area (TPSA) is 86.3 Å². The Hall–Kier alpha value is -1.99. The van der Waals surface area contributed by atoms with Gasteiger partial charge >= 0.3 is 6.09 Å². The monoisotopic (exact) mass is 423 g/mol. The van der Waals surface area contributed by atoms with Gasteiger partial charge in [-0.2, -0.15) is 0 Å². The fourth-order valence-electron chi connectivity index (χ4n) is 3.49. The molecule has 1 aliphatic heterocycles. The summed E-state index contributed by atoms with van der Waals surface area (Å²) in [5, 5.41) is 6.57. The first kappa shape index (κ1) is 24.3. The highest BCUT2D eigenvalue weighted by Crippen LogP contribution is 2.28. The molecule has 0 atom stereocenters. The first-order chi connectivity index (χ1) is 14.3. The minimum Gasteiger partial charge on any atom is -0.444 e. The molecule has 2 fully saturated rings. The zero-order chi connectivity index (χ0) is 22.0. The third-order valence-corrected chi connectivity index (χ3v) is 5.13. The first-order valence-corrected chi connectivity index (χ1v) is 11.6. The largest absolute Gasteiger partial charge is 0.444 e. The Morgan fingerprint density at radius 2 is 2.00 bits per heavy atom. The molecule has 8 nitrogen and oxygen atoms in total. The van der Waals surface area contributed by atoms with Crippen molar-refractivity contribution in [3.8, 4) is 0 Å². The molecular formula is C22H41N5O3. The van der Waals surface area contributed by atoms with Gasteiger partial charge in [-0.3, -0.25) is 9.79 Å². The zero-order valence-corrected chi connectivity index (χ0v) is 19.3. The Labute approximate surface area is 181 Å². The maximum Gasteiger partial charge on any atom is 0.410 e. The molecule has 0 radical (unpaired) electrons. The maximum atomic E-state index is 12.5. The normalized spacial score (nSPS) is 18.1. The van der Waals surface area contributed by atoms with Gasteiger partial charge in [-0.1, -0.05) is 6.42 Å². The highest BCUT2D eigenvalue weighted by atomic mass is 16.6. The van der Waals surface area contributed by atoms with Crippen LogP contribution < -0.4 is 10.6 Å². The second kappa shape index (κ2) is 12.0. The van der Waals surface area contributed by atoms with Crippen LogP contribution in [0.2, 0.25) is 0 Å². The van der Waals surface area contributed by atoms with Crippen LogP contribution in [-0.2, 0) is 9.53 Å². The number of hydrogen-bond donors (Lipinski definition) is 2. The van der Waals surface area contributed by atoms with Crippen LogP contribution >= 0.6 is 0 Å². The lowest BCUT2D eigenvalue weighted by atomic mass is 10.2. The van der Waals surface area contributed by atoms with Crippen molar-refractivity contribution in [1.82, 2.24) is 20.4 Å². The van der Waals surface area contributed by atoms with Gasteiger partial charge in [-0.05, 0) is 59.8 Å². The number of hydrogen-bond acceptors (Lipinski definition) is 4. The molecule has 30 heavy (non-hydrogen) atoms. The number of carbonyl (C=O) groups excluding carboxylic acids is 2. The second-order valence-electron chi connectivity index (χ2n) is 9.14. The van der Waals surface area contributed by atoms with Crippen molar-refractivity contribution in [2.45, 2.75) is 84.3 Å². The van der Waals surface area contributed by atoms with Gasteiger partial charge in [0.05, 0.1) is 0 Å². The number of nitrogens with zero attached hydrogens (tertiary/aromatic N) is 3. The van der Waals surface area contributed by atoms with Gasteiger partial charge in [0, 0.05) is 51.7 Å². The highest BCUT2D eigenvalue weighted by Gasteiger charge is 2.34. The summed E-state index contributed by atoms with van der Waals surface area (Å²) in [7, 11) is 0. The van der Waals surface area contributed by atoms with Gasteiger partial charge in [-0.15, -0.1) is 0 Å². The van der Waals surface area contributed by atoms with Crippen LogP contribution in [-0.4, -0.2) is 78.7 Å². The third-order valence-electron chi connectivity index (χ3n) is 5.13. The van der Waals surface area contributed by atoms with E-state index in [0.29, 0.717) is 32.1 Å². The minimum absolute atomic E-state index is 0.240. The molecule has 8 heteroatoms. The molecule has 0 aromatic carbocycles. The maximum absolute atomic E-state index is 12.5. The number of likely N-dealkylation sites (tertiary alicyclic amines) is 1. The Kier molecular flexibility index (Phi) is 9.72. The van der Waals surface area contributed by atoms with Gasteiger partial charge in [0.25, 0.3) is 0 Å². The van der Waals surface area contributed by atoms with Crippen molar-refractivity contribution in [2.75, 3.05) is 39.3 Å². The van der Waals surface area contributed by atoms with E-state index < -0.39 is 5.60 Å². The number of aliphatic imine (C=N–C) groups is 1. The Bertz CT molecular complexity index is 584. The van der Waals surface area contributed by atoms with Gasteiger partial charge in [-0.25, -0.2) is 4.79 Å². The number of carbonyl (C=O) groups is 2. The van der Waals surface area contributed by atoms with E-state index in [0.717, 1.165) is 64.1 Å². The van der Waals surface area contributed by atoms with Crippen LogP contribution in [0.5, 0.6) is 0 Å². The highest BCUT2D eigenvalue weighted by molar-refractivity contribution is 5.79. The summed E-state index contributed by atoms with van der Waals surface area (Å²) in [6.45, 7) is 12.0. The Morgan fingerprint density at radius 3 is 2.67 bits per heavy atom. The lowest BCUT2D eigenvalue weighted by Gasteiger charge is -2.27. The van der Waals surface area contributed by atoms with Crippen LogP contribution in [0.4, 0.5) is 4.79 Å². The molecule has 1 saturated heterocycles. The van der Waals surface area contributed by atoms with Crippen LogP contribution in [0.1, 0.15) is 72.6 Å². The molecule has 172 valence electrons. The van der Waals surface area contributed by atoms with Gasteiger partial charge < -0.3 is 25.2 Å². The summed E-state index contributed by atoms with van der Waals surface area (Å²) in [5.41, 5.74) is -0.483. The first-order valence-electron chi connectivity index (χ1n) is 11.6. The average molecular weight is 424 g/mol. The molecule has 1 saturated carbocycles. The van der Waals surface area contributed by atoms with Crippen LogP contribution in [0.15, 0.2) is 4.99 Å². The van der Waals surface area contributed by atoms with E-state index in [4.69, 9.17) is 4.74 Å². The summed E-state index contributed by atoms with van der Waals surface area (Å²) in [4.78, 5) is 33.0. The summed E-state index contributed by atoms with van der Waals surface area (Å²) < 4.78 is 5.54. The molecule has 0 bridgehead atoms. The molecular weight excluding hydrogens is 382 g/mol. The van der Waals surface area contributed by atoms with Crippen LogP contribution in [0, 0.1) is 0 Å². The van der Waals surface area contributed by atoms with Crippen LogP contribution in [0.25, 0.3) is 0 Å². The van der Waals surface area contributed by atoms with Crippen molar-refractivity contribution in [2.24, 2.45) is 4.99 Å². The molecule has 0 unspecified atom stereocenters. The molecule has 0 aromatic rings. The molecule has 1 aliphatic carbocycles. The van der Waals surface area contributed by atoms with E-state index in [1.807, 2.05) is 37.5 Å². The Morgan fingerprint density at radius 1 is 1.23 bits per heavy atom. The van der Waals surface area contributed by atoms with E-state index >= 15 is 0 Å². The molecule has 2 rings (SSSR count). The molecule has 2 N–H and O–H groups in total. The lowest BCUT2D eigenvalue weighted by molar-refractivity contribution is -0.130. The van der Waals surface area contributed by atoms with E-state index in [1.54, 1.807) is 0 Å². The number of guanidine groups is 1. The molecule has 1 heterocycles. The number of nitrogens with one attached hydrogen (secondary N) is 2. The third kappa shape index (κ3) is 9.22. The molecule has 0 aromatic heterocycles. The average Bonchev–Trinajstić information content (AvgIpc) is 3.50. The van der Waals surface area contributed by atoms with Crippen molar-refractivity contribution >= 4 is 18.0 Å². The molecule has 2 aliphatic rings. The fraction of sp³-hybridized carbons (Fsp3) is 0.864. The van der Waals surface area contributed by atoms with Crippen molar-refractivity contribution in [3.63, 3.8) is 0 Å².